The first-order chi connectivity index (χ1) is 8.40. The molecule has 17 heavy (non-hydrogen) atoms. The Labute approximate surface area is 106 Å². The molecule has 0 aromatic heterocycles. The van der Waals surface area contributed by atoms with E-state index in [2.05, 4.69) is 25.2 Å². The van der Waals surface area contributed by atoms with E-state index in [9.17, 15) is 0 Å². The summed E-state index contributed by atoms with van der Waals surface area (Å²) in [6.45, 7) is 2.27. The molecule has 0 radical (unpaired) electrons. The summed E-state index contributed by atoms with van der Waals surface area (Å²) < 4.78 is 6.36. The Morgan fingerprint density at radius 3 is 2.88 bits per heavy atom. The highest BCUT2D eigenvalue weighted by Gasteiger charge is 2.21. The molecule has 0 spiro atoms. The third-order valence-corrected chi connectivity index (χ3v) is 3.86. The minimum atomic E-state index is 0.425. The summed E-state index contributed by atoms with van der Waals surface area (Å²) in [5, 5.41) is 0. The molecule has 2 aliphatic carbocycles. The molecule has 0 amide bonds. The topological polar surface area (TPSA) is 9.23 Å². The van der Waals surface area contributed by atoms with Crippen LogP contribution < -0.4 is 0 Å². The lowest BCUT2D eigenvalue weighted by Crippen LogP contribution is -2.24. The van der Waals surface area contributed by atoms with E-state index in [1.165, 1.54) is 51.4 Å². The van der Waals surface area contributed by atoms with Crippen LogP contribution >= 0.6 is 0 Å². The zero-order valence-corrected chi connectivity index (χ0v) is 11.2. The van der Waals surface area contributed by atoms with Gasteiger partial charge in [0.15, 0.2) is 0 Å². The number of rotatable bonds is 4. The molecule has 1 heteroatoms. The third kappa shape index (κ3) is 3.99. The normalized spacial score (nSPS) is 29.8. The molecule has 96 valence electrons. The van der Waals surface area contributed by atoms with Crippen molar-refractivity contribution < 1.29 is 4.74 Å². The van der Waals surface area contributed by atoms with E-state index in [0.717, 1.165) is 6.42 Å². The second kappa shape index (κ2) is 7.00. The first-order valence-electron chi connectivity index (χ1n) is 7.39. The molecule has 2 unspecified atom stereocenters. The monoisotopic (exact) mass is 234 g/mol. The summed E-state index contributed by atoms with van der Waals surface area (Å²) in [6.07, 6.45) is 19.1. The molecule has 0 saturated heterocycles. The molecular weight excluding hydrogens is 208 g/mol. The van der Waals surface area contributed by atoms with Gasteiger partial charge in [0.25, 0.3) is 0 Å². The van der Waals surface area contributed by atoms with E-state index in [0.29, 0.717) is 12.2 Å². The first-order valence-corrected chi connectivity index (χ1v) is 7.39. The van der Waals surface area contributed by atoms with Gasteiger partial charge in [0.05, 0.1) is 12.2 Å². The number of allylic oxidation sites excluding steroid dienone is 2. The van der Waals surface area contributed by atoms with Crippen LogP contribution in [0.3, 0.4) is 0 Å². The molecule has 0 fully saturated rings. The van der Waals surface area contributed by atoms with Crippen LogP contribution in [0.2, 0.25) is 0 Å². The van der Waals surface area contributed by atoms with E-state index in [-0.39, 0.29) is 0 Å². The predicted octanol–water partition coefficient (Wildman–Crippen LogP) is 4.78. The quantitative estimate of drug-likeness (QED) is 0.636. The van der Waals surface area contributed by atoms with Crippen LogP contribution in [0.1, 0.15) is 64.7 Å². The Morgan fingerprint density at radius 1 is 1.18 bits per heavy atom. The molecule has 0 saturated carbocycles. The van der Waals surface area contributed by atoms with Gasteiger partial charge in [-0.25, -0.2) is 0 Å². The number of hydrogen-bond acceptors (Lipinski definition) is 1. The Hall–Kier alpha value is -0.560. The van der Waals surface area contributed by atoms with Crippen LogP contribution in [0.5, 0.6) is 0 Å². The van der Waals surface area contributed by atoms with Gasteiger partial charge >= 0.3 is 0 Å². The summed E-state index contributed by atoms with van der Waals surface area (Å²) in [5.41, 5.74) is 1.58. The van der Waals surface area contributed by atoms with E-state index < -0.39 is 0 Å². The van der Waals surface area contributed by atoms with Crippen molar-refractivity contribution in [2.24, 2.45) is 0 Å². The summed E-state index contributed by atoms with van der Waals surface area (Å²) in [4.78, 5) is 0. The van der Waals surface area contributed by atoms with Crippen molar-refractivity contribution in [1.82, 2.24) is 0 Å². The third-order valence-electron chi connectivity index (χ3n) is 3.86. The highest BCUT2D eigenvalue weighted by atomic mass is 16.5. The smallest absolute Gasteiger partial charge is 0.0788 e. The molecule has 0 heterocycles. The fraction of sp³-hybridized carbons (Fsp3) is 0.750. The fourth-order valence-electron chi connectivity index (χ4n) is 2.91. The van der Waals surface area contributed by atoms with Crippen molar-refractivity contribution in [3.63, 3.8) is 0 Å². The molecule has 2 aliphatic rings. The van der Waals surface area contributed by atoms with Crippen LogP contribution in [0, 0.1) is 0 Å². The molecular formula is C16H26O. The molecule has 0 aromatic carbocycles. The van der Waals surface area contributed by atoms with Gasteiger partial charge in [-0.05, 0) is 50.5 Å². The lowest BCUT2D eigenvalue weighted by Gasteiger charge is -2.27. The van der Waals surface area contributed by atoms with Crippen LogP contribution in [0.25, 0.3) is 0 Å². The summed E-state index contributed by atoms with van der Waals surface area (Å²) in [6, 6.07) is 0. The van der Waals surface area contributed by atoms with Crippen LogP contribution in [0.15, 0.2) is 23.8 Å². The maximum absolute atomic E-state index is 6.36. The van der Waals surface area contributed by atoms with Crippen molar-refractivity contribution >= 4 is 0 Å². The number of ether oxygens (including phenoxy) is 1. The van der Waals surface area contributed by atoms with E-state index in [4.69, 9.17) is 4.74 Å². The highest BCUT2D eigenvalue weighted by molar-refractivity contribution is 5.10. The lowest BCUT2D eigenvalue weighted by molar-refractivity contribution is -0.00253. The molecule has 2 rings (SSSR count). The summed E-state index contributed by atoms with van der Waals surface area (Å²) in [7, 11) is 0. The molecule has 0 aromatic rings. The minimum absolute atomic E-state index is 0.425. The zero-order valence-electron chi connectivity index (χ0n) is 11.2. The lowest BCUT2D eigenvalue weighted by atomic mass is 10.00. The second-order valence-electron chi connectivity index (χ2n) is 5.34. The van der Waals surface area contributed by atoms with Gasteiger partial charge in [0, 0.05) is 0 Å². The molecule has 0 aliphatic heterocycles. The van der Waals surface area contributed by atoms with Crippen molar-refractivity contribution in [2.75, 3.05) is 0 Å². The van der Waals surface area contributed by atoms with Gasteiger partial charge < -0.3 is 4.74 Å². The molecule has 2 atom stereocenters. The Balaban J connectivity index is 1.92. The highest BCUT2D eigenvalue weighted by Crippen LogP contribution is 2.27. The van der Waals surface area contributed by atoms with Crippen molar-refractivity contribution in [1.29, 1.82) is 0 Å². The van der Waals surface area contributed by atoms with Crippen LogP contribution in [-0.4, -0.2) is 12.2 Å². The average Bonchev–Trinajstić information content (AvgIpc) is 2.57. The van der Waals surface area contributed by atoms with E-state index in [1.807, 2.05) is 0 Å². The van der Waals surface area contributed by atoms with E-state index in [1.54, 1.807) is 5.57 Å². The van der Waals surface area contributed by atoms with Gasteiger partial charge in [-0.3, -0.25) is 0 Å². The van der Waals surface area contributed by atoms with Gasteiger partial charge in [0.1, 0.15) is 0 Å². The predicted molar refractivity (Wildman–Crippen MR) is 73.1 cm³/mol. The summed E-state index contributed by atoms with van der Waals surface area (Å²) >= 11 is 0. The summed E-state index contributed by atoms with van der Waals surface area (Å²) in [5.74, 6) is 0. The number of hydrogen-bond donors (Lipinski definition) is 0. The van der Waals surface area contributed by atoms with Crippen molar-refractivity contribution in [3.05, 3.63) is 23.8 Å². The van der Waals surface area contributed by atoms with Gasteiger partial charge in [-0.2, -0.15) is 0 Å². The SMILES string of the molecule is CCCC1=CCCCCC1OC1CC=CCC1. The zero-order chi connectivity index (χ0) is 11.9. The Kier molecular flexibility index (Phi) is 5.31. The van der Waals surface area contributed by atoms with Crippen molar-refractivity contribution in [2.45, 2.75) is 76.9 Å². The Morgan fingerprint density at radius 2 is 2.12 bits per heavy atom. The van der Waals surface area contributed by atoms with Gasteiger partial charge in [-0.1, -0.05) is 38.0 Å². The first kappa shape index (κ1) is 12.9. The van der Waals surface area contributed by atoms with E-state index >= 15 is 0 Å². The molecule has 0 bridgehead atoms. The van der Waals surface area contributed by atoms with Gasteiger partial charge in [0.2, 0.25) is 0 Å². The molecule has 1 nitrogen and oxygen atoms in total. The maximum Gasteiger partial charge on any atom is 0.0788 e. The largest absolute Gasteiger partial charge is 0.370 e. The van der Waals surface area contributed by atoms with Gasteiger partial charge in [-0.15, -0.1) is 0 Å². The van der Waals surface area contributed by atoms with Crippen LogP contribution in [0.4, 0.5) is 0 Å². The second-order valence-corrected chi connectivity index (χ2v) is 5.34. The standard InChI is InChI=1S/C16H26O/c1-2-9-14-10-5-3-8-13-16(14)17-15-11-6-4-7-12-15/h4,6,10,15-16H,2-3,5,7-9,11-13H2,1H3. The Bertz CT molecular complexity index is 277. The average molecular weight is 234 g/mol. The minimum Gasteiger partial charge on any atom is -0.370 e. The maximum atomic E-state index is 6.36. The fourth-order valence-corrected chi connectivity index (χ4v) is 2.91. The van der Waals surface area contributed by atoms with Crippen LogP contribution in [-0.2, 0) is 4.74 Å². The van der Waals surface area contributed by atoms with Crippen molar-refractivity contribution in [3.8, 4) is 0 Å². The molecule has 0 N–H and O–H groups in total.